The topological polar surface area (TPSA) is 80.4 Å². The van der Waals surface area contributed by atoms with Crippen LogP contribution in [-0.4, -0.2) is 18.0 Å². The molecule has 2 N–H and O–H groups in total. The van der Waals surface area contributed by atoms with E-state index in [-0.39, 0.29) is 44.1 Å². The van der Waals surface area contributed by atoms with Crippen LogP contribution < -0.4 is 20.3 Å². The number of hydrogen-bond donors (Lipinski definition) is 2. The molecule has 144 valence electrons. The summed E-state index contributed by atoms with van der Waals surface area (Å²) in [5, 5.41) is 2.87. The minimum absolute atomic E-state index is 0.0565. The van der Waals surface area contributed by atoms with Crippen molar-refractivity contribution < 1.29 is 18.7 Å². The molecule has 0 bridgehead atoms. The van der Waals surface area contributed by atoms with E-state index in [4.69, 9.17) is 32.7 Å². The fourth-order valence-corrected chi connectivity index (χ4v) is 2.67. The minimum atomic E-state index is -0.583. The van der Waals surface area contributed by atoms with Crippen molar-refractivity contribution in [1.82, 2.24) is 4.98 Å². The zero-order valence-electron chi connectivity index (χ0n) is 14.4. The van der Waals surface area contributed by atoms with Gasteiger partial charge in [-0.3, -0.25) is 9.59 Å². The highest BCUT2D eigenvalue weighted by molar-refractivity contribution is 6.42. The second-order valence-electron chi connectivity index (χ2n) is 5.56. The molecule has 6 nitrogen and oxygen atoms in total. The maximum atomic E-state index is 13.4. The smallest absolute Gasteiger partial charge is 0.259 e. The first-order valence-electron chi connectivity index (χ1n) is 7.88. The van der Waals surface area contributed by atoms with Crippen LogP contribution in [0.1, 0.15) is 10.4 Å². The van der Waals surface area contributed by atoms with E-state index in [0.29, 0.717) is 0 Å². The Kier molecular flexibility index (Phi) is 5.87. The Morgan fingerprint density at radius 3 is 2.50 bits per heavy atom. The van der Waals surface area contributed by atoms with Gasteiger partial charge in [-0.2, -0.15) is 0 Å². The van der Waals surface area contributed by atoms with Gasteiger partial charge in [0.25, 0.3) is 5.91 Å². The maximum absolute atomic E-state index is 13.4. The van der Waals surface area contributed by atoms with E-state index in [1.165, 1.54) is 49.7 Å². The summed E-state index contributed by atoms with van der Waals surface area (Å²) in [5.74, 6) is -0.716. The Morgan fingerprint density at radius 1 is 1.04 bits per heavy atom. The number of aromatic nitrogens is 1. The molecular weight excluding hydrogens is 410 g/mol. The summed E-state index contributed by atoms with van der Waals surface area (Å²) in [6.07, 6.45) is 1.40. The molecule has 0 aliphatic carbocycles. The van der Waals surface area contributed by atoms with Gasteiger partial charge in [-0.1, -0.05) is 23.2 Å². The molecule has 0 fully saturated rings. The average molecular weight is 423 g/mol. The van der Waals surface area contributed by atoms with Crippen LogP contribution in [0.2, 0.25) is 10.0 Å². The van der Waals surface area contributed by atoms with Crippen LogP contribution in [0.5, 0.6) is 17.2 Å². The summed E-state index contributed by atoms with van der Waals surface area (Å²) in [6, 6.07) is 9.11. The number of benzene rings is 2. The standard InChI is InChI=1S/C19H13Cl2FN2O4/c1-27-17-6-10(22)2-3-15(17)28-16-9-14(21)13(20)8-12(16)19(26)24-11-4-5-23-18(25)7-11/h2-9H,1H3,(H2,23,24,25,26). The van der Waals surface area contributed by atoms with Crippen molar-refractivity contribution >= 4 is 34.8 Å². The molecule has 1 aromatic heterocycles. The zero-order chi connectivity index (χ0) is 20.3. The first kappa shape index (κ1) is 19.7. The number of anilines is 1. The molecular formula is C19H13Cl2FN2O4. The predicted molar refractivity (Wildman–Crippen MR) is 105 cm³/mol. The molecule has 0 unspecified atom stereocenters. The number of nitrogens with one attached hydrogen (secondary N) is 2. The Morgan fingerprint density at radius 2 is 1.79 bits per heavy atom. The van der Waals surface area contributed by atoms with Crippen LogP contribution in [0.4, 0.5) is 10.1 Å². The van der Waals surface area contributed by atoms with Gasteiger partial charge >= 0.3 is 0 Å². The number of H-pyrrole nitrogens is 1. The Balaban J connectivity index is 1.99. The van der Waals surface area contributed by atoms with E-state index in [1.807, 2.05) is 0 Å². The number of aromatic amines is 1. The lowest BCUT2D eigenvalue weighted by Crippen LogP contribution is -2.15. The number of hydrogen-bond acceptors (Lipinski definition) is 4. The van der Waals surface area contributed by atoms with Gasteiger partial charge in [0.15, 0.2) is 11.5 Å². The van der Waals surface area contributed by atoms with E-state index in [9.17, 15) is 14.0 Å². The molecule has 0 aliphatic heterocycles. The third-order valence-corrected chi connectivity index (χ3v) is 4.37. The van der Waals surface area contributed by atoms with Crippen LogP contribution in [0.25, 0.3) is 0 Å². The van der Waals surface area contributed by atoms with E-state index >= 15 is 0 Å². The summed E-state index contributed by atoms with van der Waals surface area (Å²) >= 11 is 12.1. The zero-order valence-corrected chi connectivity index (χ0v) is 15.9. The second-order valence-corrected chi connectivity index (χ2v) is 6.37. The van der Waals surface area contributed by atoms with Crippen molar-refractivity contribution in [2.75, 3.05) is 12.4 Å². The highest BCUT2D eigenvalue weighted by atomic mass is 35.5. The average Bonchev–Trinajstić information content (AvgIpc) is 2.65. The Labute approximate surface area is 168 Å². The Bertz CT molecular complexity index is 1100. The number of halogens is 3. The van der Waals surface area contributed by atoms with E-state index < -0.39 is 11.7 Å². The van der Waals surface area contributed by atoms with Crippen LogP contribution >= 0.6 is 23.2 Å². The lowest BCUT2D eigenvalue weighted by Gasteiger charge is -2.15. The SMILES string of the molecule is COc1cc(F)ccc1Oc1cc(Cl)c(Cl)cc1C(=O)Nc1cc[nH]c(=O)c1. The third kappa shape index (κ3) is 4.44. The quantitative estimate of drug-likeness (QED) is 0.614. The molecule has 0 radical (unpaired) electrons. The van der Waals surface area contributed by atoms with Gasteiger partial charge in [0, 0.05) is 30.1 Å². The highest BCUT2D eigenvalue weighted by Gasteiger charge is 2.18. The second kappa shape index (κ2) is 8.33. The summed E-state index contributed by atoms with van der Waals surface area (Å²) in [7, 11) is 1.36. The lowest BCUT2D eigenvalue weighted by atomic mass is 10.1. The van der Waals surface area contributed by atoms with Gasteiger partial charge < -0.3 is 19.8 Å². The predicted octanol–water partition coefficient (Wildman–Crippen LogP) is 4.87. The molecule has 3 rings (SSSR count). The van der Waals surface area contributed by atoms with Crippen molar-refractivity contribution in [2.45, 2.75) is 0 Å². The fourth-order valence-electron chi connectivity index (χ4n) is 2.36. The summed E-state index contributed by atoms with van der Waals surface area (Å²) in [6.45, 7) is 0. The van der Waals surface area contributed by atoms with Gasteiger partial charge in [-0.25, -0.2) is 4.39 Å². The summed E-state index contributed by atoms with van der Waals surface area (Å²) < 4.78 is 24.2. The minimum Gasteiger partial charge on any atom is -0.493 e. The molecule has 3 aromatic rings. The molecule has 0 spiro atoms. The summed E-state index contributed by atoms with van der Waals surface area (Å²) in [5.41, 5.74) is -0.0364. The van der Waals surface area contributed by atoms with Gasteiger partial charge in [0.1, 0.15) is 11.6 Å². The molecule has 1 heterocycles. The van der Waals surface area contributed by atoms with Crippen LogP contribution in [0.15, 0.2) is 53.5 Å². The molecule has 1 amide bonds. The first-order valence-corrected chi connectivity index (χ1v) is 8.63. The van der Waals surface area contributed by atoms with Crippen molar-refractivity contribution in [3.63, 3.8) is 0 Å². The van der Waals surface area contributed by atoms with E-state index in [0.717, 1.165) is 6.07 Å². The van der Waals surface area contributed by atoms with Gasteiger partial charge in [0.05, 0.1) is 22.7 Å². The summed E-state index contributed by atoms with van der Waals surface area (Å²) in [4.78, 5) is 26.6. The van der Waals surface area contributed by atoms with Crippen molar-refractivity contribution in [1.29, 1.82) is 0 Å². The number of rotatable bonds is 5. The number of carbonyl (C=O) groups is 1. The van der Waals surface area contributed by atoms with Crippen molar-refractivity contribution in [3.05, 3.63) is 80.4 Å². The molecule has 28 heavy (non-hydrogen) atoms. The fraction of sp³-hybridized carbons (Fsp3) is 0.0526. The van der Waals surface area contributed by atoms with Gasteiger partial charge in [-0.15, -0.1) is 0 Å². The first-order chi connectivity index (χ1) is 13.4. The van der Waals surface area contributed by atoms with Crippen LogP contribution in [-0.2, 0) is 0 Å². The molecule has 2 aromatic carbocycles. The number of ether oxygens (including phenoxy) is 2. The van der Waals surface area contributed by atoms with Gasteiger partial charge in [0.2, 0.25) is 5.56 Å². The Hall–Kier alpha value is -3.03. The highest BCUT2D eigenvalue weighted by Crippen LogP contribution is 2.37. The van der Waals surface area contributed by atoms with Crippen molar-refractivity contribution in [3.8, 4) is 17.2 Å². The third-order valence-electron chi connectivity index (χ3n) is 3.65. The van der Waals surface area contributed by atoms with Crippen LogP contribution in [0, 0.1) is 5.82 Å². The molecule has 0 atom stereocenters. The van der Waals surface area contributed by atoms with Crippen LogP contribution in [0.3, 0.4) is 0 Å². The van der Waals surface area contributed by atoms with Crippen molar-refractivity contribution in [2.24, 2.45) is 0 Å². The number of pyridine rings is 1. The molecule has 0 saturated heterocycles. The monoisotopic (exact) mass is 422 g/mol. The molecule has 0 saturated carbocycles. The van der Waals surface area contributed by atoms with Gasteiger partial charge in [-0.05, 0) is 24.3 Å². The normalized spacial score (nSPS) is 10.4. The lowest BCUT2D eigenvalue weighted by molar-refractivity contribution is 0.102. The largest absolute Gasteiger partial charge is 0.493 e. The molecule has 0 aliphatic rings. The van der Waals surface area contributed by atoms with E-state index in [2.05, 4.69) is 10.3 Å². The number of amides is 1. The maximum Gasteiger partial charge on any atom is 0.259 e. The number of methoxy groups -OCH3 is 1. The number of carbonyl (C=O) groups excluding carboxylic acids is 1. The van der Waals surface area contributed by atoms with E-state index in [1.54, 1.807) is 0 Å². The molecule has 9 heteroatoms.